The molecule has 2 aliphatic rings. The predicted molar refractivity (Wildman–Crippen MR) is 94.6 cm³/mol. The molecule has 2 N–H and O–H groups in total. The second-order valence-corrected chi connectivity index (χ2v) is 6.44. The Labute approximate surface area is 149 Å². The molecular weight excluding hydrogens is 322 g/mol. The zero-order valence-electron chi connectivity index (χ0n) is 15.1. The number of nitrogens with zero attached hydrogens (tertiary/aromatic N) is 2. The molecule has 1 fully saturated rings. The molecule has 7 nitrogen and oxygen atoms in total. The highest BCUT2D eigenvalue weighted by Crippen LogP contribution is 2.27. The van der Waals surface area contributed by atoms with E-state index in [9.17, 15) is 4.79 Å². The van der Waals surface area contributed by atoms with Crippen LogP contribution in [-0.4, -0.2) is 40.9 Å². The number of hydrogen-bond acceptors (Lipinski definition) is 7. The first-order chi connectivity index (χ1) is 12.1. The molecule has 0 radical (unpaired) electrons. The molecule has 2 rings (SSSR count). The van der Waals surface area contributed by atoms with Crippen molar-refractivity contribution < 1.29 is 19.5 Å². The first-order valence-electron chi connectivity index (χ1n) is 9.05. The topological polar surface area (TPSA) is 83.4 Å². The van der Waals surface area contributed by atoms with Crippen molar-refractivity contribution in [2.45, 2.75) is 64.7 Å². The smallest absolute Gasteiger partial charge is 0.309 e. The molecule has 0 saturated carbocycles. The minimum atomic E-state index is -0.182. The van der Waals surface area contributed by atoms with Crippen molar-refractivity contribution in [1.82, 2.24) is 10.4 Å². The lowest BCUT2D eigenvalue weighted by Crippen LogP contribution is -2.34. The van der Waals surface area contributed by atoms with Crippen molar-refractivity contribution in [3.8, 4) is 0 Å². The maximum Gasteiger partial charge on any atom is 0.309 e. The van der Waals surface area contributed by atoms with E-state index in [1.807, 2.05) is 10.4 Å². The fourth-order valence-corrected chi connectivity index (χ4v) is 3.18. The summed E-state index contributed by atoms with van der Waals surface area (Å²) in [5.41, 5.74) is 2.00. The highest BCUT2D eigenvalue weighted by molar-refractivity contribution is 5.93. The summed E-state index contributed by atoms with van der Waals surface area (Å²) in [6.45, 7) is 8.33. The van der Waals surface area contributed by atoms with Gasteiger partial charge in [-0.2, -0.15) is 0 Å². The summed E-state index contributed by atoms with van der Waals surface area (Å²) in [5, 5.41) is 8.87. The number of carbonyl (C=O) groups excluding carboxylic acids is 1. The van der Waals surface area contributed by atoms with E-state index in [0.29, 0.717) is 11.7 Å². The molecule has 1 saturated heterocycles. The third kappa shape index (κ3) is 5.31. The molecule has 2 heterocycles. The van der Waals surface area contributed by atoms with Gasteiger partial charge in [0.05, 0.1) is 12.0 Å². The number of esters is 1. The summed E-state index contributed by atoms with van der Waals surface area (Å²) >= 11 is 0. The van der Waals surface area contributed by atoms with Crippen molar-refractivity contribution in [2.75, 3.05) is 6.61 Å². The van der Waals surface area contributed by atoms with Gasteiger partial charge >= 0.3 is 5.97 Å². The normalized spacial score (nSPS) is 23.1. The van der Waals surface area contributed by atoms with Crippen LogP contribution in [-0.2, 0) is 14.3 Å². The van der Waals surface area contributed by atoms with Crippen molar-refractivity contribution in [3.05, 3.63) is 24.7 Å². The number of aliphatic imine (C=N–C) groups is 1. The molecule has 0 aromatic heterocycles. The highest BCUT2D eigenvalue weighted by atomic mass is 16.6. The van der Waals surface area contributed by atoms with Gasteiger partial charge in [-0.05, 0) is 31.8 Å². The van der Waals surface area contributed by atoms with Gasteiger partial charge in [0.25, 0.3) is 0 Å². The molecule has 7 heteroatoms. The Morgan fingerprint density at radius 1 is 1.48 bits per heavy atom. The van der Waals surface area contributed by atoms with Crippen molar-refractivity contribution in [2.24, 2.45) is 10.9 Å². The highest BCUT2D eigenvalue weighted by Gasteiger charge is 2.32. The maximum absolute atomic E-state index is 12.2. The molecule has 2 aliphatic heterocycles. The zero-order chi connectivity index (χ0) is 18.2. The number of ether oxygens (including phenoxy) is 2. The van der Waals surface area contributed by atoms with Crippen LogP contribution in [0.5, 0.6) is 0 Å². The minimum Gasteiger partial charge on any atom is -0.463 e. The minimum absolute atomic E-state index is 0.00394. The van der Waals surface area contributed by atoms with Gasteiger partial charge in [-0.3, -0.25) is 15.5 Å². The molecule has 140 valence electrons. The molecule has 0 aromatic carbocycles. The van der Waals surface area contributed by atoms with Crippen LogP contribution >= 0.6 is 0 Å². The first kappa shape index (κ1) is 19.5. The van der Waals surface area contributed by atoms with Crippen molar-refractivity contribution >= 4 is 11.8 Å². The van der Waals surface area contributed by atoms with E-state index >= 15 is 0 Å². The van der Waals surface area contributed by atoms with E-state index in [4.69, 9.17) is 14.7 Å². The predicted octanol–water partition coefficient (Wildman–Crippen LogP) is 2.93. The summed E-state index contributed by atoms with van der Waals surface area (Å²) in [4.78, 5) is 18.2. The van der Waals surface area contributed by atoms with E-state index in [-0.39, 0.29) is 30.8 Å². The van der Waals surface area contributed by atoms with Crippen LogP contribution < -0.4 is 5.48 Å². The number of carbonyl (C=O) groups is 1. The Bertz CT molecular complexity index is 526. The molecule has 0 bridgehead atoms. The van der Waals surface area contributed by atoms with Gasteiger partial charge in [-0.15, -0.1) is 0 Å². The lowest BCUT2D eigenvalue weighted by molar-refractivity contribution is -0.154. The second-order valence-electron chi connectivity index (χ2n) is 6.44. The molecule has 25 heavy (non-hydrogen) atoms. The van der Waals surface area contributed by atoms with Gasteiger partial charge in [0, 0.05) is 6.20 Å². The standard InChI is InChI=1S/C18H29N3O4/c1-4-6-14(7-5-2)18(22)24-12-15-8-9-17(25-15)21-11-10-16(20-23)19-13(21)3/h10-11,14-15,17,23H,3-9,12H2,1-2H3,(H,19,20). The van der Waals surface area contributed by atoms with Crippen LogP contribution in [0.4, 0.5) is 0 Å². The fourth-order valence-electron chi connectivity index (χ4n) is 3.18. The van der Waals surface area contributed by atoms with Crippen LogP contribution in [0, 0.1) is 5.92 Å². The molecule has 0 aromatic rings. The van der Waals surface area contributed by atoms with E-state index in [0.717, 1.165) is 38.5 Å². The Hall–Kier alpha value is -1.86. The number of hydroxylamine groups is 1. The largest absolute Gasteiger partial charge is 0.463 e. The van der Waals surface area contributed by atoms with E-state index < -0.39 is 0 Å². The second kappa shape index (κ2) is 9.58. The average molecular weight is 351 g/mol. The fraction of sp³-hybridized carbons (Fsp3) is 0.667. The van der Waals surface area contributed by atoms with E-state index in [1.54, 1.807) is 12.3 Å². The van der Waals surface area contributed by atoms with Gasteiger partial charge in [0.15, 0.2) is 5.84 Å². The van der Waals surface area contributed by atoms with Crippen LogP contribution in [0.2, 0.25) is 0 Å². The number of hydrogen-bond donors (Lipinski definition) is 2. The number of amidine groups is 1. The van der Waals surface area contributed by atoms with Crippen molar-refractivity contribution in [3.63, 3.8) is 0 Å². The zero-order valence-corrected chi connectivity index (χ0v) is 15.1. The molecule has 0 aliphatic carbocycles. The summed E-state index contributed by atoms with van der Waals surface area (Å²) < 4.78 is 11.5. The molecule has 2 atom stereocenters. The lowest BCUT2D eigenvalue weighted by Gasteiger charge is -2.29. The van der Waals surface area contributed by atoms with Crippen LogP contribution in [0.1, 0.15) is 52.4 Å². The third-order valence-electron chi connectivity index (χ3n) is 4.47. The molecule has 0 spiro atoms. The Balaban J connectivity index is 1.79. The number of nitrogens with one attached hydrogen (secondary N) is 1. The van der Waals surface area contributed by atoms with Crippen LogP contribution in [0.25, 0.3) is 0 Å². The first-order valence-corrected chi connectivity index (χ1v) is 9.05. The third-order valence-corrected chi connectivity index (χ3v) is 4.47. The Kier molecular flexibility index (Phi) is 7.46. The Morgan fingerprint density at radius 2 is 2.20 bits per heavy atom. The SMILES string of the molecule is C=C1N=C(NO)C=CN1C1CCC(COC(=O)C(CCC)CCC)O1. The van der Waals surface area contributed by atoms with Gasteiger partial charge in [0.1, 0.15) is 18.7 Å². The van der Waals surface area contributed by atoms with E-state index in [1.165, 1.54) is 0 Å². The van der Waals surface area contributed by atoms with Crippen LogP contribution in [0.3, 0.4) is 0 Å². The summed E-state index contributed by atoms with van der Waals surface area (Å²) in [6.07, 6.45) is 8.45. The van der Waals surface area contributed by atoms with Crippen LogP contribution in [0.15, 0.2) is 29.7 Å². The summed E-state index contributed by atoms with van der Waals surface area (Å²) in [6, 6.07) is 0. The van der Waals surface area contributed by atoms with E-state index in [2.05, 4.69) is 25.4 Å². The average Bonchev–Trinajstić information content (AvgIpc) is 3.08. The lowest BCUT2D eigenvalue weighted by atomic mass is 9.99. The van der Waals surface area contributed by atoms with Gasteiger partial charge in [-0.1, -0.05) is 33.3 Å². The van der Waals surface area contributed by atoms with Gasteiger partial charge < -0.3 is 14.4 Å². The van der Waals surface area contributed by atoms with Gasteiger partial charge in [0.2, 0.25) is 0 Å². The molecule has 2 unspecified atom stereocenters. The Morgan fingerprint density at radius 3 is 2.80 bits per heavy atom. The number of rotatable bonds is 8. The van der Waals surface area contributed by atoms with Crippen molar-refractivity contribution in [1.29, 1.82) is 0 Å². The quantitative estimate of drug-likeness (QED) is 0.517. The maximum atomic E-state index is 12.2. The monoisotopic (exact) mass is 351 g/mol. The molecule has 0 amide bonds. The molecular formula is C18H29N3O4. The summed E-state index contributed by atoms with van der Waals surface area (Å²) in [7, 11) is 0. The van der Waals surface area contributed by atoms with Gasteiger partial charge in [-0.25, -0.2) is 4.99 Å². The summed E-state index contributed by atoms with van der Waals surface area (Å²) in [5.74, 6) is 0.715.